The third kappa shape index (κ3) is 2.89. The number of urea groups is 1. The number of carbonyl (C=O) groups excluding carboxylic acids is 2. The maximum Gasteiger partial charge on any atom is 0.321 e. The van der Waals surface area contributed by atoms with Gasteiger partial charge in [0.15, 0.2) is 11.6 Å². The summed E-state index contributed by atoms with van der Waals surface area (Å²) in [7, 11) is 1.43. The highest BCUT2D eigenvalue weighted by molar-refractivity contribution is 5.97. The first-order valence-electron chi connectivity index (χ1n) is 8.22. The Balaban J connectivity index is 2.16. The second-order valence-electron chi connectivity index (χ2n) is 6.80. The number of ether oxygens (including phenoxy) is 1. The van der Waals surface area contributed by atoms with Crippen LogP contribution in [0.5, 0.6) is 11.6 Å². The zero-order valence-corrected chi connectivity index (χ0v) is 15.0. The molecule has 0 radical (unpaired) electrons. The van der Waals surface area contributed by atoms with E-state index in [4.69, 9.17) is 4.74 Å². The van der Waals surface area contributed by atoms with Crippen molar-refractivity contribution in [1.29, 1.82) is 0 Å². The summed E-state index contributed by atoms with van der Waals surface area (Å²) in [5, 5.41) is 4.67. The van der Waals surface area contributed by atoms with E-state index in [2.05, 4.69) is 15.6 Å². The van der Waals surface area contributed by atoms with Crippen molar-refractivity contribution in [1.82, 2.24) is 15.6 Å². The van der Waals surface area contributed by atoms with Gasteiger partial charge in [-0.3, -0.25) is 10.1 Å². The van der Waals surface area contributed by atoms with E-state index in [0.29, 0.717) is 11.1 Å². The zero-order chi connectivity index (χ0) is 19.1. The summed E-state index contributed by atoms with van der Waals surface area (Å²) in [5.41, 5.74) is 0.866. The van der Waals surface area contributed by atoms with Gasteiger partial charge in [-0.15, -0.1) is 0 Å². The molecule has 2 N–H and O–H groups in total. The van der Waals surface area contributed by atoms with E-state index in [0.717, 1.165) is 5.69 Å². The largest absolute Gasteiger partial charge is 0.435 e. The second kappa shape index (κ2) is 6.40. The van der Waals surface area contributed by atoms with Gasteiger partial charge in [-0.1, -0.05) is 32.0 Å². The van der Waals surface area contributed by atoms with Gasteiger partial charge in [0.05, 0.1) is 5.41 Å². The van der Waals surface area contributed by atoms with E-state index in [1.165, 1.54) is 13.1 Å². The lowest BCUT2D eigenvalue weighted by Crippen LogP contribution is -2.47. The van der Waals surface area contributed by atoms with E-state index in [1.807, 2.05) is 12.1 Å². The molecule has 0 bridgehead atoms. The third-order valence-corrected chi connectivity index (χ3v) is 4.61. The van der Waals surface area contributed by atoms with Crippen LogP contribution in [0.2, 0.25) is 0 Å². The highest BCUT2D eigenvalue weighted by Crippen LogP contribution is 2.51. The molecule has 26 heavy (non-hydrogen) atoms. The normalized spacial score (nSPS) is 15.3. The number of imide groups is 1. The van der Waals surface area contributed by atoms with Crippen molar-refractivity contribution in [2.45, 2.75) is 26.7 Å². The smallest absolute Gasteiger partial charge is 0.321 e. The van der Waals surface area contributed by atoms with Crippen LogP contribution in [0, 0.1) is 18.2 Å². The lowest BCUT2D eigenvalue weighted by Gasteiger charge is -2.37. The minimum absolute atomic E-state index is 0.0592. The summed E-state index contributed by atoms with van der Waals surface area (Å²) in [6.07, 6.45) is 0. The summed E-state index contributed by atoms with van der Waals surface area (Å²) >= 11 is 0. The van der Waals surface area contributed by atoms with Crippen molar-refractivity contribution in [2.75, 3.05) is 7.05 Å². The molecule has 136 valence electrons. The number of halogens is 1. The van der Waals surface area contributed by atoms with Gasteiger partial charge in [0.25, 0.3) is 0 Å². The monoisotopic (exact) mass is 357 g/mol. The number of fused-ring (bicyclic) bond motifs is 2. The Kier molecular flexibility index (Phi) is 4.39. The average molecular weight is 357 g/mol. The minimum Gasteiger partial charge on any atom is -0.435 e. The van der Waals surface area contributed by atoms with Gasteiger partial charge >= 0.3 is 6.03 Å². The maximum absolute atomic E-state index is 14.4. The fourth-order valence-corrected chi connectivity index (χ4v) is 3.21. The molecule has 1 aliphatic heterocycles. The third-order valence-electron chi connectivity index (χ3n) is 4.61. The molecule has 1 aromatic carbocycles. The van der Waals surface area contributed by atoms with Gasteiger partial charge in [0.1, 0.15) is 0 Å². The molecule has 1 atom stereocenters. The molecule has 0 saturated carbocycles. The van der Waals surface area contributed by atoms with Gasteiger partial charge in [0, 0.05) is 29.8 Å². The zero-order valence-electron chi connectivity index (χ0n) is 15.0. The van der Waals surface area contributed by atoms with Gasteiger partial charge in [-0.05, 0) is 19.1 Å². The SMILES string of the molecule is CNC(=O)NC(=O)C(C)(C)C1c2ccc(C)nc2Oc2c(F)cccc21. The van der Waals surface area contributed by atoms with Crippen molar-refractivity contribution in [3.8, 4) is 11.6 Å². The topological polar surface area (TPSA) is 80.3 Å². The number of aryl methyl sites for hydroxylation is 1. The number of benzene rings is 1. The minimum atomic E-state index is -1.06. The molecular weight excluding hydrogens is 337 g/mol. The van der Waals surface area contributed by atoms with Gasteiger partial charge in [-0.25, -0.2) is 14.2 Å². The fourth-order valence-electron chi connectivity index (χ4n) is 3.21. The number of nitrogens with one attached hydrogen (secondary N) is 2. The molecule has 3 amide bonds. The molecule has 6 nitrogen and oxygen atoms in total. The molecule has 1 unspecified atom stereocenters. The van der Waals surface area contributed by atoms with Crippen molar-refractivity contribution in [2.24, 2.45) is 5.41 Å². The Bertz CT molecular complexity index is 896. The number of hydrogen-bond donors (Lipinski definition) is 2. The summed E-state index contributed by atoms with van der Waals surface area (Å²) in [6, 6.07) is 7.63. The molecule has 1 aromatic heterocycles. The number of amides is 3. The molecule has 3 rings (SSSR count). The molecule has 0 spiro atoms. The van der Waals surface area contributed by atoms with Crippen LogP contribution in [-0.4, -0.2) is 24.0 Å². The second-order valence-corrected chi connectivity index (χ2v) is 6.80. The Morgan fingerprint density at radius 3 is 2.62 bits per heavy atom. The van der Waals surface area contributed by atoms with Gasteiger partial charge in [0.2, 0.25) is 11.8 Å². The van der Waals surface area contributed by atoms with Crippen LogP contribution in [0.1, 0.15) is 36.6 Å². The number of carbonyl (C=O) groups is 2. The highest BCUT2D eigenvalue weighted by atomic mass is 19.1. The van der Waals surface area contributed by atoms with E-state index >= 15 is 0 Å². The van der Waals surface area contributed by atoms with Crippen LogP contribution in [-0.2, 0) is 4.79 Å². The summed E-state index contributed by atoms with van der Waals surface area (Å²) in [5.74, 6) is -1.21. The van der Waals surface area contributed by atoms with Crippen LogP contribution >= 0.6 is 0 Å². The predicted molar refractivity (Wildman–Crippen MR) is 93.7 cm³/mol. The Morgan fingerprint density at radius 1 is 1.19 bits per heavy atom. The number of hydrogen-bond acceptors (Lipinski definition) is 4. The Labute approximate surface area is 150 Å². The molecule has 1 aliphatic rings. The van der Waals surface area contributed by atoms with E-state index in [-0.39, 0.29) is 11.6 Å². The first-order valence-corrected chi connectivity index (χ1v) is 8.22. The lowest BCUT2D eigenvalue weighted by molar-refractivity contribution is -0.128. The molecule has 0 aliphatic carbocycles. The summed E-state index contributed by atoms with van der Waals surface area (Å²) in [4.78, 5) is 28.7. The molecule has 0 fully saturated rings. The maximum atomic E-state index is 14.4. The highest BCUT2D eigenvalue weighted by Gasteiger charge is 2.45. The van der Waals surface area contributed by atoms with Crippen molar-refractivity contribution in [3.05, 3.63) is 53.0 Å². The van der Waals surface area contributed by atoms with Crippen LogP contribution in [0.25, 0.3) is 0 Å². The fraction of sp³-hybridized carbons (Fsp3) is 0.316. The molecule has 0 saturated heterocycles. The number of aromatic nitrogens is 1. The molecule has 7 heteroatoms. The first-order chi connectivity index (χ1) is 12.3. The Morgan fingerprint density at radius 2 is 1.92 bits per heavy atom. The van der Waals surface area contributed by atoms with Crippen molar-refractivity contribution >= 4 is 11.9 Å². The van der Waals surface area contributed by atoms with Gasteiger partial charge in [-0.2, -0.15) is 0 Å². The number of nitrogens with zero attached hydrogens (tertiary/aromatic N) is 1. The van der Waals surface area contributed by atoms with E-state index in [9.17, 15) is 14.0 Å². The number of para-hydroxylation sites is 1. The summed E-state index contributed by atoms with van der Waals surface area (Å²) in [6.45, 7) is 5.22. The predicted octanol–water partition coefficient (Wildman–Crippen LogP) is 3.25. The molecular formula is C19H20FN3O3. The molecule has 2 aromatic rings. The number of rotatable bonds is 2. The summed E-state index contributed by atoms with van der Waals surface area (Å²) < 4.78 is 20.1. The van der Waals surface area contributed by atoms with Crippen LogP contribution in [0.15, 0.2) is 30.3 Å². The van der Waals surface area contributed by atoms with E-state index < -0.39 is 29.1 Å². The van der Waals surface area contributed by atoms with E-state index in [1.54, 1.807) is 32.9 Å². The van der Waals surface area contributed by atoms with Gasteiger partial charge < -0.3 is 10.1 Å². The average Bonchev–Trinajstić information content (AvgIpc) is 2.60. The van der Waals surface area contributed by atoms with Crippen LogP contribution in [0.4, 0.5) is 9.18 Å². The lowest BCUT2D eigenvalue weighted by atomic mass is 9.69. The number of pyridine rings is 1. The van der Waals surface area contributed by atoms with Crippen molar-refractivity contribution in [3.63, 3.8) is 0 Å². The Hall–Kier alpha value is -2.96. The van der Waals surface area contributed by atoms with Crippen LogP contribution < -0.4 is 15.4 Å². The standard InChI is InChI=1S/C19H20FN3O3/c1-10-8-9-12-14(19(2,3)17(24)23-18(25)21-4)11-6-5-7-13(20)15(11)26-16(12)22-10/h5-9,14H,1-4H3,(H2,21,23,24,25). The van der Waals surface area contributed by atoms with Crippen molar-refractivity contribution < 1.29 is 18.7 Å². The quantitative estimate of drug-likeness (QED) is 0.865. The van der Waals surface area contributed by atoms with Crippen LogP contribution in [0.3, 0.4) is 0 Å². The first kappa shape index (κ1) is 17.8. The molecule has 2 heterocycles.